The first-order valence-corrected chi connectivity index (χ1v) is 4.36. The highest BCUT2D eigenvalue weighted by Crippen LogP contribution is 2.38. The Balaban J connectivity index is 3.53. The first kappa shape index (κ1) is 10.6. The van der Waals surface area contributed by atoms with Crippen molar-refractivity contribution in [3.63, 3.8) is 0 Å². The fraction of sp³-hybridized carbons (Fsp3) is 0.125. The van der Waals surface area contributed by atoms with Crippen LogP contribution in [0.15, 0.2) is 10.5 Å². The number of carboxylic acid groups (broad SMARTS) is 1. The van der Waals surface area contributed by atoms with Crippen molar-refractivity contribution >= 4 is 27.6 Å². The lowest BCUT2D eigenvalue weighted by Gasteiger charge is -2.10. The number of nitrogen functional groups attached to an aromatic ring is 1. The molecule has 0 bridgehead atoms. The summed E-state index contributed by atoms with van der Waals surface area (Å²) in [5.41, 5.74) is 4.96. The van der Waals surface area contributed by atoms with E-state index in [4.69, 9.17) is 15.6 Å². The molecule has 0 amide bonds. The second kappa shape index (κ2) is 3.75. The molecule has 0 aliphatic rings. The summed E-state index contributed by atoms with van der Waals surface area (Å²) in [6, 6.07) is 1.34. The van der Waals surface area contributed by atoms with Crippen LogP contribution in [-0.4, -0.2) is 23.3 Å². The third-order valence-electron chi connectivity index (χ3n) is 1.69. The Morgan fingerprint density at radius 3 is 2.64 bits per heavy atom. The summed E-state index contributed by atoms with van der Waals surface area (Å²) in [5.74, 6) is -1.45. The van der Waals surface area contributed by atoms with Crippen molar-refractivity contribution in [2.75, 3.05) is 12.8 Å². The van der Waals surface area contributed by atoms with Gasteiger partial charge in [0, 0.05) is 0 Å². The molecule has 0 atom stereocenters. The molecule has 0 saturated carbocycles. The second-order valence-electron chi connectivity index (χ2n) is 2.50. The van der Waals surface area contributed by atoms with Gasteiger partial charge in [0.2, 0.25) is 0 Å². The monoisotopic (exact) mass is 261 g/mol. The summed E-state index contributed by atoms with van der Waals surface area (Å²) in [5, 5.41) is 18.2. The van der Waals surface area contributed by atoms with Gasteiger partial charge in [-0.05, 0) is 22.0 Å². The fourth-order valence-corrected chi connectivity index (χ4v) is 1.44. The minimum atomic E-state index is -1.25. The van der Waals surface area contributed by atoms with E-state index in [1.54, 1.807) is 0 Å². The van der Waals surface area contributed by atoms with E-state index in [0.717, 1.165) is 0 Å². The van der Waals surface area contributed by atoms with Crippen molar-refractivity contribution < 1.29 is 19.7 Å². The lowest BCUT2D eigenvalue weighted by Crippen LogP contribution is -2.05. The molecule has 6 heteroatoms. The Morgan fingerprint density at radius 1 is 1.64 bits per heavy atom. The number of methoxy groups -OCH3 is 1. The molecule has 0 heterocycles. The van der Waals surface area contributed by atoms with Crippen LogP contribution in [0.25, 0.3) is 0 Å². The predicted octanol–water partition coefficient (Wildman–Crippen LogP) is 1.44. The topological polar surface area (TPSA) is 92.8 Å². The lowest BCUT2D eigenvalue weighted by molar-refractivity contribution is 0.0694. The number of anilines is 1. The third kappa shape index (κ3) is 1.60. The van der Waals surface area contributed by atoms with Crippen molar-refractivity contribution in [2.45, 2.75) is 0 Å². The average Bonchev–Trinajstić information content (AvgIpc) is 2.12. The average molecular weight is 262 g/mol. The molecule has 0 aliphatic heterocycles. The van der Waals surface area contributed by atoms with Gasteiger partial charge in [0.15, 0.2) is 5.75 Å². The smallest absolute Gasteiger partial charge is 0.341 e. The van der Waals surface area contributed by atoms with Gasteiger partial charge < -0.3 is 20.7 Å². The van der Waals surface area contributed by atoms with Crippen LogP contribution in [0.1, 0.15) is 10.4 Å². The van der Waals surface area contributed by atoms with Crippen LogP contribution in [0, 0.1) is 0 Å². The third-order valence-corrected chi connectivity index (χ3v) is 2.29. The molecule has 0 radical (unpaired) electrons. The van der Waals surface area contributed by atoms with Gasteiger partial charge in [-0.3, -0.25) is 0 Å². The molecular weight excluding hydrogens is 254 g/mol. The van der Waals surface area contributed by atoms with Crippen molar-refractivity contribution in [3.8, 4) is 11.5 Å². The number of hydrogen-bond donors (Lipinski definition) is 3. The van der Waals surface area contributed by atoms with E-state index in [-0.39, 0.29) is 27.2 Å². The standard InChI is InChI=1S/C8H8BrNO4/c1-14-4-2-3(9)7(11)6(10)5(4)8(12)13/h2,11H,10H2,1H3,(H,12,13). The summed E-state index contributed by atoms with van der Waals surface area (Å²) in [6.07, 6.45) is 0. The van der Waals surface area contributed by atoms with Crippen LogP contribution in [0.5, 0.6) is 11.5 Å². The van der Waals surface area contributed by atoms with Crippen molar-refractivity contribution in [2.24, 2.45) is 0 Å². The van der Waals surface area contributed by atoms with Gasteiger partial charge in [0.25, 0.3) is 0 Å². The minimum Gasteiger partial charge on any atom is -0.505 e. The van der Waals surface area contributed by atoms with Crippen molar-refractivity contribution in [3.05, 3.63) is 16.1 Å². The van der Waals surface area contributed by atoms with E-state index in [1.165, 1.54) is 13.2 Å². The molecule has 0 saturated heterocycles. The number of phenols is 1. The van der Waals surface area contributed by atoms with Crippen molar-refractivity contribution in [1.29, 1.82) is 0 Å². The normalized spacial score (nSPS) is 9.86. The van der Waals surface area contributed by atoms with Gasteiger partial charge in [-0.1, -0.05) is 0 Å². The Morgan fingerprint density at radius 2 is 2.21 bits per heavy atom. The Kier molecular flexibility index (Phi) is 2.85. The first-order chi connectivity index (χ1) is 6.49. The highest BCUT2D eigenvalue weighted by molar-refractivity contribution is 9.10. The number of ether oxygens (including phenoxy) is 1. The van der Waals surface area contributed by atoms with Gasteiger partial charge in [-0.2, -0.15) is 0 Å². The SMILES string of the molecule is COc1cc(Br)c(O)c(N)c1C(=O)O. The Hall–Kier alpha value is -1.43. The van der Waals surface area contributed by atoms with Gasteiger partial charge in [0.05, 0.1) is 17.3 Å². The molecule has 0 spiro atoms. The maximum absolute atomic E-state index is 10.8. The zero-order chi connectivity index (χ0) is 10.9. The molecular formula is C8H8BrNO4. The number of halogens is 1. The van der Waals surface area contributed by atoms with E-state index >= 15 is 0 Å². The molecule has 76 valence electrons. The molecule has 1 aromatic rings. The van der Waals surface area contributed by atoms with Crippen LogP contribution in [0.3, 0.4) is 0 Å². The summed E-state index contributed by atoms with van der Waals surface area (Å²) >= 11 is 3.02. The summed E-state index contributed by atoms with van der Waals surface area (Å²) in [7, 11) is 1.32. The van der Waals surface area contributed by atoms with Crippen molar-refractivity contribution in [1.82, 2.24) is 0 Å². The van der Waals surface area contributed by atoms with Crippen LogP contribution >= 0.6 is 15.9 Å². The number of aromatic hydroxyl groups is 1. The van der Waals surface area contributed by atoms with E-state index in [9.17, 15) is 9.90 Å². The molecule has 0 aliphatic carbocycles. The van der Waals surface area contributed by atoms with Gasteiger partial charge in [-0.15, -0.1) is 0 Å². The molecule has 14 heavy (non-hydrogen) atoms. The van der Waals surface area contributed by atoms with Crippen LogP contribution in [0.4, 0.5) is 5.69 Å². The quantitative estimate of drug-likeness (QED) is 0.554. The molecule has 0 unspecified atom stereocenters. The zero-order valence-corrected chi connectivity index (χ0v) is 8.83. The summed E-state index contributed by atoms with van der Waals surface area (Å²) in [6.45, 7) is 0. The van der Waals surface area contributed by atoms with E-state index in [1.807, 2.05) is 0 Å². The summed E-state index contributed by atoms with van der Waals surface area (Å²) < 4.78 is 5.11. The highest BCUT2D eigenvalue weighted by Gasteiger charge is 2.20. The number of aromatic carboxylic acids is 1. The maximum Gasteiger partial charge on any atom is 0.341 e. The number of nitrogens with two attached hydrogens (primary N) is 1. The van der Waals surface area contributed by atoms with E-state index < -0.39 is 5.97 Å². The summed E-state index contributed by atoms with van der Waals surface area (Å²) in [4.78, 5) is 10.8. The van der Waals surface area contributed by atoms with E-state index in [0.29, 0.717) is 0 Å². The first-order valence-electron chi connectivity index (χ1n) is 3.57. The lowest BCUT2D eigenvalue weighted by atomic mass is 10.1. The predicted molar refractivity (Wildman–Crippen MR) is 53.7 cm³/mol. The van der Waals surface area contributed by atoms with Crippen LogP contribution in [0.2, 0.25) is 0 Å². The van der Waals surface area contributed by atoms with Crippen LogP contribution < -0.4 is 10.5 Å². The molecule has 0 fully saturated rings. The number of phenolic OH excluding ortho intramolecular Hbond substituents is 1. The molecule has 4 N–H and O–H groups in total. The Labute approximate surface area is 88.2 Å². The number of hydrogen-bond acceptors (Lipinski definition) is 4. The number of rotatable bonds is 2. The number of carbonyl (C=O) groups is 1. The fourth-order valence-electron chi connectivity index (χ4n) is 1.02. The van der Waals surface area contributed by atoms with Gasteiger partial charge in [0.1, 0.15) is 11.3 Å². The maximum atomic E-state index is 10.8. The molecule has 1 aromatic carbocycles. The molecule has 1 rings (SSSR count). The Bertz CT molecular complexity index is 391. The number of carboxylic acids is 1. The minimum absolute atomic E-state index is 0.0969. The molecule has 5 nitrogen and oxygen atoms in total. The highest BCUT2D eigenvalue weighted by atomic mass is 79.9. The van der Waals surface area contributed by atoms with Gasteiger partial charge in [-0.25, -0.2) is 4.79 Å². The second-order valence-corrected chi connectivity index (χ2v) is 3.36. The number of benzene rings is 1. The zero-order valence-electron chi connectivity index (χ0n) is 7.24. The van der Waals surface area contributed by atoms with Gasteiger partial charge >= 0.3 is 5.97 Å². The largest absolute Gasteiger partial charge is 0.505 e. The van der Waals surface area contributed by atoms with E-state index in [2.05, 4.69) is 15.9 Å². The van der Waals surface area contributed by atoms with Crippen LogP contribution in [-0.2, 0) is 0 Å². The molecule has 0 aromatic heterocycles.